The third-order valence-electron chi connectivity index (χ3n) is 2.80. The Morgan fingerprint density at radius 3 is 2.19 bits per heavy atom. The van der Waals surface area contributed by atoms with E-state index in [0.717, 1.165) is 25.7 Å². The van der Waals surface area contributed by atoms with Crippen LogP contribution in [-0.2, 0) is 9.59 Å². The highest BCUT2D eigenvalue weighted by atomic mass is 32.2. The van der Waals surface area contributed by atoms with E-state index in [1.807, 2.05) is 20.8 Å². The lowest BCUT2D eigenvalue weighted by molar-refractivity contribution is -0.127. The lowest BCUT2D eigenvalue weighted by atomic mass is 9.85. The highest BCUT2D eigenvalue weighted by Crippen LogP contribution is 2.29. The van der Waals surface area contributed by atoms with Crippen molar-refractivity contribution in [1.29, 1.82) is 0 Å². The lowest BCUT2D eigenvalue weighted by Crippen LogP contribution is -2.21. The fraction of sp³-hybridized carbons (Fsp3) is 0.846. The molecule has 0 heterocycles. The molecule has 1 saturated carbocycles. The first-order valence-electron chi connectivity index (χ1n) is 6.13. The van der Waals surface area contributed by atoms with E-state index in [1.54, 1.807) is 0 Å². The highest BCUT2D eigenvalue weighted by Gasteiger charge is 2.25. The van der Waals surface area contributed by atoms with Gasteiger partial charge >= 0.3 is 0 Å². The van der Waals surface area contributed by atoms with Crippen molar-refractivity contribution in [3.8, 4) is 0 Å². The second-order valence-electron chi connectivity index (χ2n) is 5.56. The quantitative estimate of drug-likeness (QED) is 0.709. The van der Waals surface area contributed by atoms with Crippen LogP contribution in [0.1, 0.15) is 59.3 Å². The molecule has 0 radical (unpaired) electrons. The number of rotatable bonds is 3. The van der Waals surface area contributed by atoms with Gasteiger partial charge in [0.2, 0.25) is 0 Å². The molecule has 16 heavy (non-hydrogen) atoms. The van der Waals surface area contributed by atoms with Crippen molar-refractivity contribution in [1.82, 2.24) is 0 Å². The van der Waals surface area contributed by atoms with E-state index < -0.39 is 0 Å². The number of carbonyl (C=O) groups excluding carboxylic acids is 2. The molecule has 0 spiro atoms. The Bertz CT molecular complexity index is 260. The van der Waals surface area contributed by atoms with Gasteiger partial charge in [0.1, 0.15) is 5.78 Å². The average molecular weight is 242 g/mol. The van der Waals surface area contributed by atoms with Crippen LogP contribution < -0.4 is 0 Å². The van der Waals surface area contributed by atoms with Crippen molar-refractivity contribution in [2.75, 3.05) is 0 Å². The number of ketones is 1. The fourth-order valence-corrected chi connectivity index (χ4v) is 2.99. The number of thioether (sulfide) groups is 1. The first-order chi connectivity index (χ1) is 7.38. The molecule has 0 aliphatic heterocycles. The van der Waals surface area contributed by atoms with Crippen LogP contribution >= 0.6 is 11.8 Å². The fourth-order valence-electron chi connectivity index (χ4n) is 2.09. The second kappa shape index (κ2) is 5.85. The standard InChI is InChI=1S/C13H22O2S/c1-13(2,3)16-12(15)9-11(14)10-7-5-4-6-8-10/h10H,4-9H2,1-3H3. The summed E-state index contributed by atoms with van der Waals surface area (Å²) in [5.41, 5.74) is 0. The van der Waals surface area contributed by atoms with Gasteiger partial charge in [0.15, 0.2) is 5.12 Å². The molecule has 1 aliphatic rings. The third kappa shape index (κ3) is 5.15. The number of carbonyl (C=O) groups is 2. The zero-order valence-electron chi connectivity index (χ0n) is 10.5. The Hall–Kier alpha value is -0.310. The minimum Gasteiger partial charge on any atom is -0.299 e. The molecular weight excluding hydrogens is 220 g/mol. The van der Waals surface area contributed by atoms with Crippen molar-refractivity contribution in [3.63, 3.8) is 0 Å². The molecule has 0 saturated heterocycles. The molecule has 0 atom stereocenters. The van der Waals surface area contributed by atoms with Crippen LogP contribution in [0.5, 0.6) is 0 Å². The summed E-state index contributed by atoms with van der Waals surface area (Å²) in [6.45, 7) is 6.00. The van der Waals surface area contributed by atoms with Gasteiger partial charge in [-0.2, -0.15) is 0 Å². The first-order valence-corrected chi connectivity index (χ1v) is 6.95. The molecule has 1 fully saturated rings. The molecule has 0 aromatic carbocycles. The van der Waals surface area contributed by atoms with Crippen molar-refractivity contribution >= 4 is 22.7 Å². The van der Waals surface area contributed by atoms with Gasteiger partial charge in [-0.05, 0) is 12.8 Å². The molecule has 3 heteroatoms. The minimum atomic E-state index is -0.0794. The second-order valence-corrected chi connectivity index (χ2v) is 7.45. The van der Waals surface area contributed by atoms with E-state index in [9.17, 15) is 9.59 Å². The van der Waals surface area contributed by atoms with Gasteiger partial charge in [0, 0.05) is 10.7 Å². The van der Waals surface area contributed by atoms with Crippen LogP contribution in [0.4, 0.5) is 0 Å². The van der Waals surface area contributed by atoms with Crippen LogP contribution in [0.25, 0.3) is 0 Å². The van der Waals surface area contributed by atoms with Crippen LogP contribution in [0.15, 0.2) is 0 Å². The zero-order valence-corrected chi connectivity index (χ0v) is 11.4. The molecule has 1 rings (SSSR count). The maximum absolute atomic E-state index is 11.9. The monoisotopic (exact) mass is 242 g/mol. The van der Waals surface area contributed by atoms with Crippen molar-refractivity contribution < 1.29 is 9.59 Å². The smallest absolute Gasteiger partial charge is 0.196 e. The van der Waals surface area contributed by atoms with Gasteiger partial charge in [-0.15, -0.1) is 0 Å². The SMILES string of the molecule is CC(C)(C)SC(=O)CC(=O)C1CCCCC1. The van der Waals surface area contributed by atoms with E-state index in [-0.39, 0.29) is 28.0 Å². The Labute approximate surface area is 103 Å². The summed E-state index contributed by atoms with van der Waals surface area (Å²) in [5, 5.41) is 0.0306. The van der Waals surface area contributed by atoms with Gasteiger partial charge in [-0.3, -0.25) is 9.59 Å². The summed E-state index contributed by atoms with van der Waals surface area (Å²) in [6.07, 6.45) is 5.66. The Kier molecular flexibility index (Phi) is 5.03. The summed E-state index contributed by atoms with van der Waals surface area (Å²) >= 11 is 1.29. The molecule has 0 aromatic rings. The number of Topliss-reactive ketones (excluding diaryl/α,β-unsaturated/α-hetero) is 1. The van der Waals surface area contributed by atoms with Crippen LogP contribution in [0.3, 0.4) is 0 Å². The zero-order chi connectivity index (χ0) is 12.2. The van der Waals surface area contributed by atoms with Crippen molar-refractivity contribution in [2.45, 2.75) is 64.0 Å². The van der Waals surface area contributed by atoms with Crippen LogP contribution in [0, 0.1) is 5.92 Å². The van der Waals surface area contributed by atoms with Crippen LogP contribution in [-0.4, -0.2) is 15.6 Å². The number of hydrogen-bond donors (Lipinski definition) is 0. The molecule has 1 aliphatic carbocycles. The summed E-state index contributed by atoms with van der Waals surface area (Å²) in [4.78, 5) is 23.5. The Morgan fingerprint density at radius 2 is 1.69 bits per heavy atom. The molecule has 0 N–H and O–H groups in total. The molecule has 0 bridgehead atoms. The number of hydrogen-bond acceptors (Lipinski definition) is 3. The van der Waals surface area contributed by atoms with Gasteiger partial charge in [-0.1, -0.05) is 51.8 Å². The maximum atomic E-state index is 11.9. The normalized spacial score (nSPS) is 18.4. The molecule has 0 amide bonds. The summed E-state index contributed by atoms with van der Waals surface area (Å²) in [5.74, 6) is 0.333. The molecule has 0 unspecified atom stereocenters. The minimum absolute atomic E-state index is 0.0306. The highest BCUT2D eigenvalue weighted by molar-refractivity contribution is 8.14. The Morgan fingerprint density at radius 1 is 1.12 bits per heavy atom. The molecule has 2 nitrogen and oxygen atoms in total. The summed E-state index contributed by atoms with van der Waals surface area (Å²) in [7, 11) is 0. The summed E-state index contributed by atoms with van der Waals surface area (Å²) < 4.78 is -0.0794. The van der Waals surface area contributed by atoms with Crippen molar-refractivity contribution in [2.24, 2.45) is 5.92 Å². The largest absolute Gasteiger partial charge is 0.299 e. The van der Waals surface area contributed by atoms with E-state index in [0.29, 0.717) is 0 Å². The van der Waals surface area contributed by atoms with Gasteiger partial charge < -0.3 is 0 Å². The van der Waals surface area contributed by atoms with E-state index >= 15 is 0 Å². The first kappa shape index (κ1) is 13.8. The summed E-state index contributed by atoms with van der Waals surface area (Å²) in [6, 6.07) is 0. The van der Waals surface area contributed by atoms with E-state index in [2.05, 4.69) is 0 Å². The maximum Gasteiger partial charge on any atom is 0.196 e. The molecule has 92 valence electrons. The van der Waals surface area contributed by atoms with E-state index in [1.165, 1.54) is 18.2 Å². The predicted octanol–water partition coefficient (Wildman–Crippen LogP) is 3.58. The van der Waals surface area contributed by atoms with Gasteiger partial charge in [0.25, 0.3) is 0 Å². The average Bonchev–Trinajstić information content (AvgIpc) is 2.16. The van der Waals surface area contributed by atoms with Crippen molar-refractivity contribution in [3.05, 3.63) is 0 Å². The van der Waals surface area contributed by atoms with E-state index in [4.69, 9.17) is 0 Å². The Balaban J connectivity index is 2.35. The molecular formula is C13H22O2S. The predicted molar refractivity (Wildman–Crippen MR) is 68.6 cm³/mol. The third-order valence-corrected chi connectivity index (χ3v) is 3.78. The van der Waals surface area contributed by atoms with Crippen LogP contribution in [0.2, 0.25) is 0 Å². The van der Waals surface area contributed by atoms with Gasteiger partial charge in [-0.25, -0.2) is 0 Å². The molecule has 0 aromatic heterocycles. The topological polar surface area (TPSA) is 34.1 Å². The lowest BCUT2D eigenvalue weighted by Gasteiger charge is -2.21. The van der Waals surface area contributed by atoms with Gasteiger partial charge in [0.05, 0.1) is 6.42 Å².